The second kappa shape index (κ2) is 5.29. The van der Waals surface area contributed by atoms with Crippen molar-refractivity contribution >= 4 is 0 Å². The third-order valence-corrected chi connectivity index (χ3v) is 2.82. The summed E-state index contributed by atoms with van der Waals surface area (Å²) in [6.07, 6.45) is 0.997. The molecule has 1 rings (SSSR count). The van der Waals surface area contributed by atoms with Crippen LogP contribution in [0.1, 0.15) is 30.5 Å². The molecular weight excluding hydrogens is 184 g/mol. The summed E-state index contributed by atoms with van der Waals surface area (Å²) in [5.74, 6) is 0. The first-order valence-corrected chi connectivity index (χ1v) is 5.54. The molecule has 0 saturated carbocycles. The Morgan fingerprint density at radius 2 is 2.00 bits per heavy atom. The van der Waals surface area contributed by atoms with Gasteiger partial charge in [0.15, 0.2) is 0 Å². The van der Waals surface area contributed by atoms with Crippen molar-refractivity contribution < 1.29 is 0 Å². The molecule has 0 aromatic heterocycles. The van der Waals surface area contributed by atoms with E-state index >= 15 is 0 Å². The minimum Gasteiger partial charge on any atom is -0.326 e. The molecule has 0 spiro atoms. The van der Waals surface area contributed by atoms with E-state index in [2.05, 4.69) is 57.1 Å². The zero-order valence-electron chi connectivity index (χ0n) is 10.2. The summed E-state index contributed by atoms with van der Waals surface area (Å²) in [6, 6.07) is 9.11. The van der Waals surface area contributed by atoms with E-state index in [0.717, 1.165) is 6.42 Å². The standard InChI is InChI=1S/C13H22N2/c1-5-12(14)13(15(3)4)11-8-6-7-10(2)9-11/h6-9,12-13H,5,14H2,1-4H3. The molecule has 0 fully saturated rings. The molecule has 2 N–H and O–H groups in total. The normalized spacial score (nSPS) is 15.3. The molecule has 1 aromatic rings. The number of aryl methyl sites for hydroxylation is 1. The first-order chi connectivity index (χ1) is 7.06. The Labute approximate surface area is 93.1 Å². The van der Waals surface area contributed by atoms with Gasteiger partial charge in [-0.15, -0.1) is 0 Å². The predicted molar refractivity (Wildman–Crippen MR) is 65.9 cm³/mol. The van der Waals surface area contributed by atoms with Gasteiger partial charge in [0.25, 0.3) is 0 Å². The summed E-state index contributed by atoms with van der Waals surface area (Å²) in [6.45, 7) is 4.25. The Bertz CT molecular complexity index is 307. The fourth-order valence-electron chi connectivity index (χ4n) is 2.01. The number of hydrogen-bond donors (Lipinski definition) is 1. The summed E-state index contributed by atoms with van der Waals surface area (Å²) in [7, 11) is 4.17. The fraction of sp³-hybridized carbons (Fsp3) is 0.538. The molecule has 15 heavy (non-hydrogen) atoms. The van der Waals surface area contributed by atoms with Gasteiger partial charge in [0.2, 0.25) is 0 Å². The SMILES string of the molecule is CCC(N)C(c1cccc(C)c1)N(C)C. The van der Waals surface area contributed by atoms with E-state index in [1.807, 2.05) is 0 Å². The van der Waals surface area contributed by atoms with Gasteiger partial charge in [-0.3, -0.25) is 0 Å². The highest BCUT2D eigenvalue weighted by atomic mass is 15.1. The monoisotopic (exact) mass is 206 g/mol. The highest BCUT2D eigenvalue weighted by molar-refractivity contribution is 5.26. The largest absolute Gasteiger partial charge is 0.326 e. The van der Waals surface area contributed by atoms with E-state index in [1.165, 1.54) is 11.1 Å². The van der Waals surface area contributed by atoms with E-state index in [1.54, 1.807) is 0 Å². The van der Waals surface area contributed by atoms with Crippen LogP contribution in [0.4, 0.5) is 0 Å². The molecule has 1 aromatic carbocycles. The van der Waals surface area contributed by atoms with Gasteiger partial charge in [-0.25, -0.2) is 0 Å². The molecular formula is C13H22N2. The molecule has 2 heteroatoms. The van der Waals surface area contributed by atoms with Crippen LogP contribution in [-0.2, 0) is 0 Å². The molecule has 0 saturated heterocycles. The number of likely N-dealkylation sites (N-methyl/N-ethyl adjacent to an activating group) is 1. The van der Waals surface area contributed by atoms with Gasteiger partial charge in [-0.05, 0) is 33.0 Å². The zero-order valence-corrected chi connectivity index (χ0v) is 10.2. The second-order valence-electron chi connectivity index (χ2n) is 4.39. The number of hydrogen-bond acceptors (Lipinski definition) is 2. The quantitative estimate of drug-likeness (QED) is 0.819. The van der Waals surface area contributed by atoms with Gasteiger partial charge in [-0.1, -0.05) is 36.8 Å². The minimum absolute atomic E-state index is 0.196. The van der Waals surface area contributed by atoms with Crippen molar-refractivity contribution in [3.8, 4) is 0 Å². The van der Waals surface area contributed by atoms with Crippen molar-refractivity contribution in [2.24, 2.45) is 5.73 Å². The summed E-state index contributed by atoms with van der Waals surface area (Å²) in [4.78, 5) is 2.20. The molecule has 0 aliphatic rings. The molecule has 2 nitrogen and oxygen atoms in total. The van der Waals surface area contributed by atoms with Crippen LogP contribution in [0.15, 0.2) is 24.3 Å². The van der Waals surface area contributed by atoms with Crippen LogP contribution in [0.25, 0.3) is 0 Å². The molecule has 0 bridgehead atoms. The summed E-state index contributed by atoms with van der Waals surface area (Å²) < 4.78 is 0. The van der Waals surface area contributed by atoms with Crippen LogP contribution in [0.3, 0.4) is 0 Å². The maximum Gasteiger partial charge on any atom is 0.0493 e. The van der Waals surface area contributed by atoms with E-state index in [0.29, 0.717) is 6.04 Å². The Kier molecular flexibility index (Phi) is 4.30. The van der Waals surface area contributed by atoms with E-state index in [-0.39, 0.29) is 6.04 Å². The molecule has 0 aliphatic heterocycles. The van der Waals surface area contributed by atoms with E-state index in [4.69, 9.17) is 5.73 Å². The van der Waals surface area contributed by atoms with Crippen molar-refractivity contribution in [3.05, 3.63) is 35.4 Å². The molecule has 0 aliphatic carbocycles. The minimum atomic E-state index is 0.196. The van der Waals surface area contributed by atoms with Crippen molar-refractivity contribution in [3.63, 3.8) is 0 Å². The Morgan fingerprint density at radius 3 is 2.47 bits per heavy atom. The Hall–Kier alpha value is -0.860. The van der Waals surface area contributed by atoms with Gasteiger partial charge >= 0.3 is 0 Å². The first kappa shape index (κ1) is 12.2. The van der Waals surface area contributed by atoms with Crippen molar-refractivity contribution in [1.82, 2.24) is 4.90 Å². The maximum absolute atomic E-state index is 6.16. The van der Waals surface area contributed by atoms with E-state index < -0.39 is 0 Å². The number of nitrogens with two attached hydrogens (primary N) is 1. The lowest BCUT2D eigenvalue weighted by molar-refractivity contribution is 0.253. The summed E-state index contributed by atoms with van der Waals surface area (Å²) in [5.41, 5.74) is 8.77. The van der Waals surface area contributed by atoms with Gasteiger partial charge < -0.3 is 10.6 Å². The van der Waals surface area contributed by atoms with Crippen molar-refractivity contribution in [2.45, 2.75) is 32.4 Å². The van der Waals surface area contributed by atoms with Gasteiger partial charge in [0, 0.05) is 12.1 Å². The molecule has 2 unspecified atom stereocenters. The van der Waals surface area contributed by atoms with Crippen LogP contribution >= 0.6 is 0 Å². The van der Waals surface area contributed by atoms with Gasteiger partial charge in [0.05, 0.1) is 0 Å². The molecule has 0 amide bonds. The second-order valence-corrected chi connectivity index (χ2v) is 4.39. The molecule has 0 heterocycles. The third-order valence-electron chi connectivity index (χ3n) is 2.82. The van der Waals surface area contributed by atoms with E-state index in [9.17, 15) is 0 Å². The lowest BCUT2D eigenvalue weighted by Gasteiger charge is -2.30. The van der Waals surface area contributed by atoms with Gasteiger partial charge in [-0.2, -0.15) is 0 Å². The summed E-state index contributed by atoms with van der Waals surface area (Å²) in [5, 5.41) is 0. The van der Waals surface area contributed by atoms with Crippen LogP contribution in [0, 0.1) is 6.92 Å². The number of benzene rings is 1. The van der Waals surface area contributed by atoms with Crippen LogP contribution in [0.5, 0.6) is 0 Å². The lowest BCUT2D eigenvalue weighted by Crippen LogP contribution is -2.36. The predicted octanol–water partition coefficient (Wildman–Crippen LogP) is 2.34. The van der Waals surface area contributed by atoms with Crippen molar-refractivity contribution in [1.29, 1.82) is 0 Å². The first-order valence-electron chi connectivity index (χ1n) is 5.54. The van der Waals surface area contributed by atoms with Crippen molar-refractivity contribution in [2.75, 3.05) is 14.1 Å². The number of rotatable bonds is 4. The number of nitrogens with zero attached hydrogens (tertiary/aromatic N) is 1. The smallest absolute Gasteiger partial charge is 0.0493 e. The molecule has 84 valence electrons. The zero-order chi connectivity index (χ0) is 11.4. The highest BCUT2D eigenvalue weighted by Crippen LogP contribution is 2.23. The Balaban J connectivity index is 2.99. The Morgan fingerprint density at radius 1 is 1.33 bits per heavy atom. The third kappa shape index (κ3) is 3.05. The lowest BCUT2D eigenvalue weighted by atomic mass is 9.96. The molecule has 0 radical (unpaired) electrons. The topological polar surface area (TPSA) is 29.3 Å². The van der Waals surface area contributed by atoms with Crippen LogP contribution in [0.2, 0.25) is 0 Å². The highest BCUT2D eigenvalue weighted by Gasteiger charge is 2.20. The van der Waals surface area contributed by atoms with Gasteiger partial charge in [0.1, 0.15) is 0 Å². The summed E-state index contributed by atoms with van der Waals surface area (Å²) >= 11 is 0. The average molecular weight is 206 g/mol. The maximum atomic E-state index is 6.16. The van der Waals surface area contributed by atoms with Crippen LogP contribution < -0.4 is 5.73 Å². The average Bonchev–Trinajstić information content (AvgIpc) is 2.17. The fourth-order valence-corrected chi connectivity index (χ4v) is 2.01. The van der Waals surface area contributed by atoms with Crippen LogP contribution in [-0.4, -0.2) is 25.0 Å². The molecule has 2 atom stereocenters.